The van der Waals surface area contributed by atoms with Crippen molar-refractivity contribution in [2.24, 2.45) is 0 Å². The molecule has 20 heavy (non-hydrogen) atoms. The van der Waals surface area contributed by atoms with Gasteiger partial charge in [-0.05, 0) is 43.0 Å². The van der Waals surface area contributed by atoms with E-state index in [0.717, 1.165) is 23.6 Å². The summed E-state index contributed by atoms with van der Waals surface area (Å²) in [5.74, 6) is 0. The van der Waals surface area contributed by atoms with Crippen LogP contribution in [0.4, 0.5) is 5.13 Å². The van der Waals surface area contributed by atoms with E-state index in [4.69, 9.17) is 0 Å². The molecule has 0 radical (unpaired) electrons. The Balaban J connectivity index is 1.68. The van der Waals surface area contributed by atoms with Gasteiger partial charge in [0.15, 0.2) is 5.13 Å². The van der Waals surface area contributed by atoms with E-state index in [0.29, 0.717) is 0 Å². The quantitative estimate of drug-likeness (QED) is 0.758. The van der Waals surface area contributed by atoms with Crippen LogP contribution in [0.1, 0.15) is 16.7 Å². The molecular weight excluding hydrogens is 264 g/mol. The van der Waals surface area contributed by atoms with Crippen molar-refractivity contribution >= 4 is 26.7 Å². The molecule has 0 atom stereocenters. The summed E-state index contributed by atoms with van der Waals surface area (Å²) in [4.78, 5) is 4.67. The summed E-state index contributed by atoms with van der Waals surface area (Å²) in [6.07, 6.45) is 1.03. The molecule has 3 rings (SSSR count). The predicted molar refractivity (Wildman–Crippen MR) is 87.7 cm³/mol. The largest absolute Gasteiger partial charge is 0.361 e. The molecule has 102 valence electrons. The number of benzene rings is 2. The van der Waals surface area contributed by atoms with Crippen molar-refractivity contribution in [2.75, 3.05) is 11.9 Å². The van der Waals surface area contributed by atoms with Gasteiger partial charge in [0.2, 0.25) is 0 Å². The van der Waals surface area contributed by atoms with E-state index >= 15 is 0 Å². The Morgan fingerprint density at radius 3 is 2.60 bits per heavy atom. The highest BCUT2D eigenvalue weighted by Gasteiger charge is 2.05. The minimum Gasteiger partial charge on any atom is -0.361 e. The molecule has 0 aliphatic carbocycles. The number of hydrogen-bond donors (Lipinski definition) is 1. The van der Waals surface area contributed by atoms with Gasteiger partial charge in [-0.2, -0.15) is 0 Å². The van der Waals surface area contributed by atoms with Crippen LogP contribution in [-0.2, 0) is 6.42 Å². The van der Waals surface area contributed by atoms with Crippen LogP contribution < -0.4 is 5.32 Å². The smallest absolute Gasteiger partial charge is 0.183 e. The van der Waals surface area contributed by atoms with Crippen molar-refractivity contribution in [3.8, 4) is 0 Å². The topological polar surface area (TPSA) is 24.9 Å². The number of aryl methyl sites for hydroxylation is 2. The van der Waals surface area contributed by atoms with Gasteiger partial charge in [0.25, 0.3) is 0 Å². The first-order chi connectivity index (χ1) is 9.74. The number of aromatic nitrogens is 1. The molecule has 2 nitrogen and oxygen atoms in total. The summed E-state index contributed by atoms with van der Waals surface area (Å²) < 4.78 is 1.25. The maximum absolute atomic E-state index is 4.67. The molecule has 3 heteroatoms. The van der Waals surface area contributed by atoms with Crippen LogP contribution in [0.2, 0.25) is 0 Å². The van der Waals surface area contributed by atoms with Crippen LogP contribution in [-0.4, -0.2) is 11.5 Å². The second-order valence-corrected chi connectivity index (χ2v) is 6.07. The van der Waals surface area contributed by atoms with E-state index in [1.54, 1.807) is 11.3 Å². The second-order valence-electron chi connectivity index (χ2n) is 5.04. The van der Waals surface area contributed by atoms with E-state index in [2.05, 4.69) is 66.6 Å². The normalized spacial score (nSPS) is 10.9. The highest BCUT2D eigenvalue weighted by Crippen LogP contribution is 2.27. The third-order valence-corrected chi connectivity index (χ3v) is 4.53. The molecule has 0 aliphatic rings. The fourth-order valence-electron chi connectivity index (χ4n) is 2.36. The van der Waals surface area contributed by atoms with Crippen molar-refractivity contribution < 1.29 is 0 Å². The van der Waals surface area contributed by atoms with Crippen molar-refractivity contribution in [1.29, 1.82) is 0 Å². The summed E-state index contributed by atoms with van der Waals surface area (Å²) in [5.41, 5.74) is 5.12. The summed E-state index contributed by atoms with van der Waals surface area (Å²) in [5, 5.41) is 4.46. The highest BCUT2D eigenvalue weighted by molar-refractivity contribution is 7.22. The van der Waals surface area contributed by atoms with Gasteiger partial charge in [-0.15, -0.1) is 0 Å². The van der Waals surface area contributed by atoms with E-state index in [-0.39, 0.29) is 0 Å². The maximum Gasteiger partial charge on any atom is 0.183 e. The zero-order valence-electron chi connectivity index (χ0n) is 11.8. The van der Waals surface area contributed by atoms with Crippen molar-refractivity contribution in [2.45, 2.75) is 20.3 Å². The van der Waals surface area contributed by atoms with Crippen LogP contribution in [0.15, 0.2) is 42.5 Å². The van der Waals surface area contributed by atoms with E-state index < -0.39 is 0 Å². The van der Waals surface area contributed by atoms with Crippen molar-refractivity contribution in [1.82, 2.24) is 4.98 Å². The standard InChI is InChI=1S/C17H18N2S/c1-12-6-3-4-8-14(12)10-11-18-17-19-16-13(2)7-5-9-15(16)20-17/h3-9H,10-11H2,1-2H3,(H,18,19). The molecule has 0 unspecified atom stereocenters. The monoisotopic (exact) mass is 282 g/mol. The molecule has 2 aromatic carbocycles. The SMILES string of the molecule is Cc1ccccc1CCNc1nc2c(C)cccc2s1. The molecule has 1 aromatic heterocycles. The lowest BCUT2D eigenvalue weighted by Crippen LogP contribution is -2.05. The lowest BCUT2D eigenvalue weighted by atomic mass is 10.1. The summed E-state index contributed by atoms with van der Waals surface area (Å²) in [7, 11) is 0. The Morgan fingerprint density at radius 1 is 1.00 bits per heavy atom. The van der Waals surface area contributed by atoms with Crippen molar-refractivity contribution in [3.63, 3.8) is 0 Å². The molecule has 0 amide bonds. The first-order valence-corrected chi connectivity index (χ1v) is 7.70. The van der Waals surface area contributed by atoms with Gasteiger partial charge in [0.05, 0.1) is 10.2 Å². The zero-order valence-corrected chi connectivity index (χ0v) is 12.6. The van der Waals surface area contributed by atoms with Gasteiger partial charge >= 0.3 is 0 Å². The Bertz CT molecular complexity index is 731. The van der Waals surface area contributed by atoms with Gasteiger partial charge in [0.1, 0.15) is 0 Å². The van der Waals surface area contributed by atoms with Gasteiger partial charge in [-0.25, -0.2) is 4.98 Å². The molecule has 0 aliphatic heterocycles. The maximum atomic E-state index is 4.67. The number of rotatable bonds is 4. The number of nitrogens with one attached hydrogen (secondary N) is 1. The number of anilines is 1. The van der Waals surface area contributed by atoms with E-state index in [1.165, 1.54) is 21.4 Å². The number of fused-ring (bicyclic) bond motifs is 1. The van der Waals surface area contributed by atoms with Crippen LogP contribution in [0.5, 0.6) is 0 Å². The highest BCUT2D eigenvalue weighted by atomic mass is 32.1. The molecule has 1 N–H and O–H groups in total. The number of nitrogens with zero attached hydrogens (tertiary/aromatic N) is 1. The van der Waals surface area contributed by atoms with Crippen LogP contribution in [0, 0.1) is 13.8 Å². The van der Waals surface area contributed by atoms with Crippen molar-refractivity contribution in [3.05, 3.63) is 59.2 Å². The Hall–Kier alpha value is -1.87. The number of thiazole rings is 1. The fourth-order valence-corrected chi connectivity index (χ4v) is 3.33. The zero-order chi connectivity index (χ0) is 13.9. The molecule has 0 fully saturated rings. The first-order valence-electron chi connectivity index (χ1n) is 6.88. The van der Waals surface area contributed by atoms with Crippen LogP contribution >= 0.6 is 11.3 Å². The molecular formula is C17H18N2S. The third kappa shape index (κ3) is 2.68. The van der Waals surface area contributed by atoms with Crippen LogP contribution in [0.3, 0.4) is 0 Å². The van der Waals surface area contributed by atoms with Gasteiger partial charge in [-0.3, -0.25) is 0 Å². The summed E-state index contributed by atoms with van der Waals surface area (Å²) >= 11 is 1.73. The van der Waals surface area contributed by atoms with E-state index in [9.17, 15) is 0 Å². The minimum atomic E-state index is 0.920. The Kier molecular flexibility index (Phi) is 3.70. The molecule has 0 saturated carbocycles. The van der Waals surface area contributed by atoms with E-state index in [1.807, 2.05) is 0 Å². The lowest BCUT2D eigenvalue weighted by molar-refractivity contribution is 1.00. The third-order valence-electron chi connectivity index (χ3n) is 3.55. The molecule has 0 spiro atoms. The van der Waals surface area contributed by atoms with Gasteiger partial charge in [-0.1, -0.05) is 47.7 Å². The summed E-state index contributed by atoms with van der Waals surface area (Å²) in [6.45, 7) is 5.19. The second kappa shape index (κ2) is 5.63. The fraction of sp³-hybridized carbons (Fsp3) is 0.235. The molecule has 1 heterocycles. The molecule has 0 saturated heterocycles. The Morgan fingerprint density at radius 2 is 1.80 bits per heavy atom. The summed E-state index contributed by atoms with van der Waals surface area (Å²) in [6, 6.07) is 14.9. The Labute approximate surface area is 123 Å². The number of para-hydroxylation sites is 1. The molecule has 3 aromatic rings. The number of hydrogen-bond acceptors (Lipinski definition) is 3. The lowest BCUT2D eigenvalue weighted by Gasteiger charge is -2.05. The molecule has 0 bridgehead atoms. The average molecular weight is 282 g/mol. The van der Waals surface area contributed by atoms with Gasteiger partial charge < -0.3 is 5.32 Å². The minimum absolute atomic E-state index is 0.920. The predicted octanol–water partition coefficient (Wildman–Crippen LogP) is 4.57. The average Bonchev–Trinajstić information content (AvgIpc) is 2.85. The van der Waals surface area contributed by atoms with Gasteiger partial charge in [0, 0.05) is 6.54 Å². The first kappa shape index (κ1) is 13.1. The van der Waals surface area contributed by atoms with Crippen LogP contribution in [0.25, 0.3) is 10.2 Å².